The Morgan fingerprint density at radius 2 is 1.65 bits per heavy atom. The van der Waals surface area contributed by atoms with Gasteiger partial charge in [0.15, 0.2) is 0 Å². The van der Waals surface area contributed by atoms with E-state index in [0.29, 0.717) is 13.2 Å². The molecule has 2 aromatic rings. The number of nitrogens with zero attached hydrogens (tertiary/aromatic N) is 1. The summed E-state index contributed by atoms with van der Waals surface area (Å²) in [6.07, 6.45) is 0. The summed E-state index contributed by atoms with van der Waals surface area (Å²) < 4.78 is 5.78. The molecule has 0 unspecified atom stereocenters. The number of hydrogen-bond donors (Lipinski definition) is 1. The molecule has 0 saturated carbocycles. The highest BCUT2D eigenvalue weighted by atomic mass is 16.5. The van der Waals surface area contributed by atoms with Crippen molar-refractivity contribution < 1.29 is 4.74 Å². The molecule has 3 nitrogen and oxygen atoms in total. The second kappa shape index (κ2) is 7.08. The monoisotopic (exact) mass is 270 g/mol. The van der Waals surface area contributed by atoms with Gasteiger partial charge in [0.25, 0.3) is 0 Å². The summed E-state index contributed by atoms with van der Waals surface area (Å²) >= 11 is 0. The van der Waals surface area contributed by atoms with Gasteiger partial charge in [0, 0.05) is 12.6 Å². The maximum Gasteiger partial charge on any atom is 0.119 e. The summed E-state index contributed by atoms with van der Waals surface area (Å²) in [6.45, 7) is 1.20. The molecule has 0 saturated heterocycles. The topological polar surface area (TPSA) is 38.5 Å². The quantitative estimate of drug-likeness (QED) is 0.877. The minimum absolute atomic E-state index is 0.248. The van der Waals surface area contributed by atoms with Gasteiger partial charge in [-0.25, -0.2) is 0 Å². The van der Waals surface area contributed by atoms with Crippen molar-refractivity contribution in [3.8, 4) is 5.75 Å². The lowest BCUT2D eigenvalue weighted by atomic mass is 10.1. The standard InChI is InChI=1S/C17H22N2O/c1-19(2)17(12-18)15-8-10-16(11-9-15)20-13-14-6-4-3-5-7-14/h3-11,17H,12-13,18H2,1-2H3/t17-/m0/s1. The Hall–Kier alpha value is -1.84. The van der Waals surface area contributed by atoms with E-state index < -0.39 is 0 Å². The number of ether oxygens (including phenoxy) is 1. The van der Waals surface area contributed by atoms with Crippen LogP contribution in [0.25, 0.3) is 0 Å². The van der Waals surface area contributed by atoms with Gasteiger partial charge in [-0.3, -0.25) is 0 Å². The smallest absolute Gasteiger partial charge is 0.119 e. The first-order valence-electron chi connectivity index (χ1n) is 6.84. The molecular weight excluding hydrogens is 248 g/mol. The van der Waals surface area contributed by atoms with Crippen LogP contribution in [0.15, 0.2) is 54.6 Å². The number of benzene rings is 2. The third kappa shape index (κ3) is 3.83. The number of hydrogen-bond acceptors (Lipinski definition) is 3. The fourth-order valence-electron chi connectivity index (χ4n) is 2.17. The van der Waals surface area contributed by atoms with E-state index in [9.17, 15) is 0 Å². The third-order valence-electron chi connectivity index (χ3n) is 3.36. The molecule has 0 aliphatic rings. The largest absolute Gasteiger partial charge is 0.489 e. The van der Waals surface area contributed by atoms with Crippen LogP contribution in [0, 0.1) is 0 Å². The molecule has 0 aliphatic carbocycles. The maximum atomic E-state index is 5.81. The molecule has 20 heavy (non-hydrogen) atoms. The molecule has 0 spiro atoms. The van der Waals surface area contributed by atoms with E-state index in [1.54, 1.807) is 0 Å². The van der Waals surface area contributed by atoms with Gasteiger partial charge in [-0.15, -0.1) is 0 Å². The summed E-state index contributed by atoms with van der Waals surface area (Å²) in [5.41, 5.74) is 8.19. The van der Waals surface area contributed by atoms with Crippen LogP contribution in [0.4, 0.5) is 0 Å². The van der Waals surface area contributed by atoms with Crippen LogP contribution in [0.2, 0.25) is 0 Å². The number of likely N-dealkylation sites (N-methyl/N-ethyl adjacent to an activating group) is 1. The molecular formula is C17H22N2O. The van der Waals surface area contributed by atoms with Crippen molar-refractivity contribution >= 4 is 0 Å². The molecule has 3 heteroatoms. The summed E-state index contributed by atoms with van der Waals surface area (Å²) in [5, 5.41) is 0. The lowest BCUT2D eigenvalue weighted by Crippen LogP contribution is -2.27. The lowest BCUT2D eigenvalue weighted by molar-refractivity contribution is 0.300. The fraction of sp³-hybridized carbons (Fsp3) is 0.294. The average molecular weight is 270 g/mol. The van der Waals surface area contributed by atoms with Crippen molar-refractivity contribution in [2.45, 2.75) is 12.6 Å². The molecule has 0 bridgehead atoms. The first-order valence-corrected chi connectivity index (χ1v) is 6.84. The lowest BCUT2D eigenvalue weighted by Gasteiger charge is -2.23. The summed E-state index contributed by atoms with van der Waals surface area (Å²) in [4.78, 5) is 2.12. The second-order valence-corrected chi connectivity index (χ2v) is 5.06. The van der Waals surface area contributed by atoms with E-state index in [1.807, 2.05) is 44.4 Å². The van der Waals surface area contributed by atoms with Crippen molar-refractivity contribution in [1.82, 2.24) is 4.90 Å². The van der Waals surface area contributed by atoms with Gasteiger partial charge in [0.2, 0.25) is 0 Å². The van der Waals surface area contributed by atoms with Crippen LogP contribution in [-0.4, -0.2) is 25.5 Å². The molecule has 0 aliphatic heterocycles. The van der Waals surface area contributed by atoms with E-state index in [2.05, 4.69) is 29.2 Å². The van der Waals surface area contributed by atoms with Gasteiger partial charge in [-0.2, -0.15) is 0 Å². The van der Waals surface area contributed by atoms with E-state index in [4.69, 9.17) is 10.5 Å². The van der Waals surface area contributed by atoms with Crippen LogP contribution >= 0.6 is 0 Å². The zero-order valence-corrected chi connectivity index (χ0v) is 12.1. The Labute approximate surface area is 121 Å². The molecule has 0 aromatic heterocycles. The first-order chi connectivity index (χ1) is 9.70. The normalized spacial score (nSPS) is 12.4. The molecule has 0 fully saturated rings. The second-order valence-electron chi connectivity index (χ2n) is 5.06. The van der Waals surface area contributed by atoms with Gasteiger partial charge in [0.1, 0.15) is 12.4 Å². The van der Waals surface area contributed by atoms with Crippen molar-refractivity contribution in [3.63, 3.8) is 0 Å². The van der Waals surface area contributed by atoms with Crippen molar-refractivity contribution in [3.05, 3.63) is 65.7 Å². The van der Waals surface area contributed by atoms with Gasteiger partial charge in [0.05, 0.1) is 0 Å². The summed E-state index contributed by atoms with van der Waals surface area (Å²) in [6, 6.07) is 18.6. The maximum absolute atomic E-state index is 5.81. The fourth-order valence-corrected chi connectivity index (χ4v) is 2.17. The number of rotatable bonds is 6. The minimum atomic E-state index is 0.248. The molecule has 0 amide bonds. The molecule has 2 aromatic carbocycles. The van der Waals surface area contributed by atoms with E-state index in [1.165, 1.54) is 11.1 Å². The highest BCUT2D eigenvalue weighted by molar-refractivity contribution is 5.29. The molecule has 0 radical (unpaired) electrons. The van der Waals surface area contributed by atoms with Crippen LogP contribution in [0.3, 0.4) is 0 Å². The van der Waals surface area contributed by atoms with Crippen molar-refractivity contribution in [2.75, 3.05) is 20.6 Å². The van der Waals surface area contributed by atoms with Crippen LogP contribution in [-0.2, 0) is 6.61 Å². The Morgan fingerprint density at radius 1 is 1.00 bits per heavy atom. The van der Waals surface area contributed by atoms with Crippen LogP contribution in [0.5, 0.6) is 5.75 Å². The van der Waals surface area contributed by atoms with Gasteiger partial charge >= 0.3 is 0 Å². The Bertz CT molecular complexity index is 508. The predicted octanol–water partition coefficient (Wildman–Crippen LogP) is 2.83. The van der Waals surface area contributed by atoms with Gasteiger partial charge in [-0.1, -0.05) is 42.5 Å². The number of nitrogens with two attached hydrogens (primary N) is 1. The molecule has 106 valence electrons. The first kappa shape index (κ1) is 14.6. The van der Waals surface area contributed by atoms with E-state index in [-0.39, 0.29) is 6.04 Å². The Balaban J connectivity index is 1.98. The molecule has 1 atom stereocenters. The molecule has 0 heterocycles. The molecule has 2 N–H and O–H groups in total. The zero-order chi connectivity index (χ0) is 14.4. The Kier molecular flexibility index (Phi) is 5.16. The summed E-state index contributed by atoms with van der Waals surface area (Å²) in [5.74, 6) is 0.882. The summed E-state index contributed by atoms with van der Waals surface area (Å²) in [7, 11) is 4.08. The third-order valence-corrected chi connectivity index (χ3v) is 3.36. The highest BCUT2D eigenvalue weighted by Crippen LogP contribution is 2.21. The SMILES string of the molecule is CN(C)[C@@H](CN)c1ccc(OCc2ccccc2)cc1. The zero-order valence-electron chi connectivity index (χ0n) is 12.1. The molecule has 2 rings (SSSR count). The minimum Gasteiger partial charge on any atom is -0.489 e. The van der Waals surface area contributed by atoms with E-state index in [0.717, 1.165) is 5.75 Å². The van der Waals surface area contributed by atoms with Crippen LogP contribution < -0.4 is 10.5 Å². The van der Waals surface area contributed by atoms with Crippen molar-refractivity contribution in [1.29, 1.82) is 0 Å². The van der Waals surface area contributed by atoms with Crippen molar-refractivity contribution in [2.24, 2.45) is 5.73 Å². The Morgan fingerprint density at radius 3 is 2.20 bits per heavy atom. The van der Waals surface area contributed by atoms with Gasteiger partial charge < -0.3 is 15.4 Å². The van der Waals surface area contributed by atoms with Gasteiger partial charge in [-0.05, 0) is 37.4 Å². The predicted molar refractivity (Wildman–Crippen MR) is 82.7 cm³/mol. The highest BCUT2D eigenvalue weighted by Gasteiger charge is 2.11. The van der Waals surface area contributed by atoms with E-state index >= 15 is 0 Å². The van der Waals surface area contributed by atoms with Crippen LogP contribution in [0.1, 0.15) is 17.2 Å². The average Bonchev–Trinajstić information content (AvgIpc) is 2.48.